The van der Waals surface area contributed by atoms with E-state index in [2.05, 4.69) is 29.2 Å². The van der Waals surface area contributed by atoms with Crippen molar-refractivity contribution < 1.29 is 4.92 Å². The zero-order valence-corrected chi connectivity index (χ0v) is 10.7. The lowest BCUT2D eigenvalue weighted by atomic mass is 9.94. The summed E-state index contributed by atoms with van der Waals surface area (Å²) in [4.78, 5) is 16.5. The van der Waals surface area contributed by atoms with Crippen molar-refractivity contribution in [2.24, 2.45) is 5.92 Å². The topological polar surface area (TPSA) is 71.3 Å². The maximum absolute atomic E-state index is 10.9. The van der Waals surface area contributed by atoms with Gasteiger partial charge in [-0.2, -0.15) is 0 Å². The molecule has 2 heterocycles. The van der Waals surface area contributed by atoms with E-state index < -0.39 is 4.92 Å². The second kappa shape index (κ2) is 5.30. The van der Waals surface area contributed by atoms with E-state index in [0.29, 0.717) is 11.6 Å². The molecule has 0 bridgehead atoms. The number of pyridine rings is 1. The Hall–Kier alpha value is -1.69. The molecule has 6 heteroatoms. The first-order valence-corrected chi connectivity index (χ1v) is 6.12. The number of likely N-dealkylation sites (tertiary alicyclic amines) is 1. The molecule has 1 aliphatic heterocycles. The van der Waals surface area contributed by atoms with Crippen molar-refractivity contribution >= 4 is 11.5 Å². The van der Waals surface area contributed by atoms with Gasteiger partial charge in [0, 0.05) is 12.6 Å². The second-order valence-corrected chi connectivity index (χ2v) is 4.91. The molecular formula is C12H18N4O2. The van der Waals surface area contributed by atoms with Gasteiger partial charge in [-0.05, 0) is 48.0 Å². The largest absolute Gasteiger partial charge is 0.386 e. The molecule has 98 valence electrons. The summed E-state index contributed by atoms with van der Waals surface area (Å²) in [7, 11) is 2.10. The molecule has 0 amide bonds. The predicted molar refractivity (Wildman–Crippen MR) is 69.6 cm³/mol. The van der Waals surface area contributed by atoms with Crippen molar-refractivity contribution in [1.82, 2.24) is 9.88 Å². The first kappa shape index (κ1) is 12.8. The Morgan fingerprint density at radius 1 is 1.61 bits per heavy atom. The lowest BCUT2D eigenvalue weighted by Crippen LogP contribution is -2.43. The maximum Gasteiger partial charge on any atom is 0.386 e. The Morgan fingerprint density at radius 3 is 3.06 bits per heavy atom. The molecule has 1 aromatic rings. The number of aromatic nitrogens is 1. The number of rotatable bonds is 3. The summed E-state index contributed by atoms with van der Waals surface area (Å²) in [6, 6.07) is 3.70. The first-order valence-electron chi connectivity index (χ1n) is 6.12. The highest BCUT2D eigenvalue weighted by molar-refractivity contribution is 5.57. The molecule has 1 aromatic heterocycles. The molecule has 1 fully saturated rings. The van der Waals surface area contributed by atoms with Crippen LogP contribution in [0.15, 0.2) is 18.3 Å². The van der Waals surface area contributed by atoms with Crippen molar-refractivity contribution in [3.63, 3.8) is 0 Å². The second-order valence-electron chi connectivity index (χ2n) is 4.91. The highest BCUT2D eigenvalue weighted by atomic mass is 16.6. The predicted octanol–water partition coefficient (Wildman–Crippen LogP) is 1.74. The molecule has 18 heavy (non-hydrogen) atoms. The van der Waals surface area contributed by atoms with Gasteiger partial charge in [-0.15, -0.1) is 0 Å². The summed E-state index contributed by atoms with van der Waals surface area (Å²) in [6.45, 7) is 4.18. The Morgan fingerprint density at radius 2 is 2.39 bits per heavy atom. The minimum absolute atomic E-state index is 0.0939. The molecule has 0 spiro atoms. The maximum atomic E-state index is 10.9. The molecule has 0 aliphatic carbocycles. The van der Waals surface area contributed by atoms with Crippen LogP contribution in [0.25, 0.3) is 0 Å². The van der Waals surface area contributed by atoms with Gasteiger partial charge in [0.15, 0.2) is 0 Å². The van der Waals surface area contributed by atoms with E-state index in [1.165, 1.54) is 6.20 Å². The van der Waals surface area contributed by atoms with Gasteiger partial charge in [0.05, 0.1) is 0 Å². The molecule has 2 rings (SSSR count). The van der Waals surface area contributed by atoms with Crippen LogP contribution >= 0.6 is 0 Å². The quantitative estimate of drug-likeness (QED) is 0.653. The van der Waals surface area contributed by atoms with Crippen molar-refractivity contribution in [3.8, 4) is 0 Å². The van der Waals surface area contributed by atoms with E-state index in [9.17, 15) is 10.1 Å². The van der Waals surface area contributed by atoms with Gasteiger partial charge < -0.3 is 20.3 Å². The monoisotopic (exact) mass is 250 g/mol. The number of nitrogens with zero attached hydrogens (tertiary/aromatic N) is 3. The summed E-state index contributed by atoms with van der Waals surface area (Å²) in [5.74, 6) is 0.368. The van der Waals surface area contributed by atoms with Crippen LogP contribution in [0, 0.1) is 16.0 Å². The third-order valence-electron chi connectivity index (χ3n) is 3.41. The highest BCUT2D eigenvalue weighted by Crippen LogP contribution is 2.25. The summed E-state index contributed by atoms with van der Waals surface area (Å²) < 4.78 is 0. The third kappa shape index (κ3) is 2.76. The third-order valence-corrected chi connectivity index (χ3v) is 3.41. The van der Waals surface area contributed by atoms with Gasteiger partial charge in [-0.1, -0.05) is 6.92 Å². The van der Waals surface area contributed by atoms with Crippen LogP contribution in [0.2, 0.25) is 0 Å². The standard InChI is InChI=1S/C12H18N4O2/c1-9-8-15(2)7-5-10(9)14-11-4-3-6-13-12(11)16(17)18/h3-4,6,9-10,14H,5,7-8H2,1-2H3. The fourth-order valence-corrected chi connectivity index (χ4v) is 2.42. The number of nitro groups is 1. The molecule has 0 radical (unpaired) electrons. The van der Waals surface area contributed by atoms with E-state index in [0.717, 1.165) is 19.5 Å². The minimum Gasteiger partial charge on any atom is -0.375 e. The van der Waals surface area contributed by atoms with Gasteiger partial charge in [0.25, 0.3) is 0 Å². The van der Waals surface area contributed by atoms with Crippen LogP contribution in [-0.4, -0.2) is 41.0 Å². The molecule has 0 saturated carbocycles. The van der Waals surface area contributed by atoms with Crippen LogP contribution in [0.1, 0.15) is 13.3 Å². The van der Waals surface area contributed by atoms with Crippen molar-refractivity contribution in [3.05, 3.63) is 28.4 Å². The fraction of sp³-hybridized carbons (Fsp3) is 0.583. The zero-order chi connectivity index (χ0) is 13.1. The molecule has 2 unspecified atom stereocenters. The Balaban J connectivity index is 2.12. The molecule has 6 nitrogen and oxygen atoms in total. The van der Waals surface area contributed by atoms with E-state index in [1.54, 1.807) is 12.1 Å². The van der Waals surface area contributed by atoms with Gasteiger partial charge in [-0.25, -0.2) is 0 Å². The summed E-state index contributed by atoms with van der Waals surface area (Å²) >= 11 is 0. The van der Waals surface area contributed by atoms with Crippen molar-refractivity contribution in [1.29, 1.82) is 0 Å². The number of anilines is 1. The van der Waals surface area contributed by atoms with Gasteiger partial charge in [0.2, 0.25) is 0 Å². The van der Waals surface area contributed by atoms with Gasteiger partial charge in [0.1, 0.15) is 11.9 Å². The zero-order valence-electron chi connectivity index (χ0n) is 10.7. The summed E-state index contributed by atoms with van der Waals surface area (Å²) in [6.07, 6.45) is 2.44. The Labute approximate surface area is 106 Å². The Kier molecular flexibility index (Phi) is 3.76. The molecule has 1 saturated heterocycles. The fourth-order valence-electron chi connectivity index (χ4n) is 2.42. The van der Waals surface area contributed by atoms with Crippen molar-refractivity contribution in [2.75, 3.05) is 25.5 Å². The molecule has 0 aromatic carbocycles. The lowest BCUT2D eigenvalue weighted by molar-refractivity contribution is -0.388. The summed E-state index contributed by atoms with van der Waals surface area (Å²) in [5.41, 5.74) is 0.518. The lowest BCUT2D eigenvalue weighted by Gasteiger charge is -2.35. The summed E-state index contributed by atoms with van der Waals surface area (Å²) in [5, 5.41) is 14.2. The van der Waals surface area contributed by atoms with Crippen LogP contribution in [0.5, 0.6) is 0 Å². The van der Waals surface area contributed by atoms with Crippen LogP contribution in [0.4, 0.5) is 11.5 Å². The molecular weight excluding hydrogens is 232 g/mol. The molecule has 2 atom stereocenters. The van der Waals surface area contributed by atoms with Crippen molar-refractivity contribution in [2.45, 2.75) is 19.4 Å². The SMILES string of the molecule is CC1CN(C)CCC1Nc1cccnc1[N+](=O)[O-]. The Bertz CT molecular complexity index is 438. The van der Waals surface area contributed by atoms with Crippen LogP contribution < -0.4 is 5.32 Å². The number of hydrogen-bond donors (Lipinski definition) is 1. The van der Waals surface area contributed by atoms with E-state index in [1.807, 2.05) is 0 Å². The van der Waals surface area contributed by atoms with E-state index >= 15 is 0 Å². The highest BCUT2D eigenvalue weighted by Gasteiger charge is 2.26. The van der Waals surface area contributed by atoms with Crippen LogP contribution in [0.3, 0.4) is 0 Å². The van der Waals surface area contributed by atoms with Gasteiger partial charge >= 0.3 is 5.82 Å². The van der Waals surface area contributed by atoms with E-state index in [4.69, 9.17) is 0 Å². The normalized spacial score (nSPS) is 24.8. The average Bonchev–Trinajstić information content (AvgIpc) is 2.33. The molecule has 1 N–H and O–H groups in total. The van der Waals surface area contributed by atoms with Gasteiger partial charge in [-0.3, -0.25) is 0 Å². The molecule has 1 aliphatic rings. The minimum atomic E-state index is -0.443. The first-order chi connectivity index (χ1) is 8.58. The number of nitrogens with one attached hydrogen (secondary N) is 1. The smallest absolute Gasteiger partial charge is 0.375 e. The van der Waals surface area contributed by atoms with E-state index in [-0.39, 0.29) is 11.9 Å². The number of piperidine rings is 1. The average molecular weight is 250 g/mol. The van der Waals surface area contributed by atoms with Crippen LogP contribution in [-0.2, 0) is 0 Å². The number of hydrogen-bond acceptors (Lipinski definition) is 5.